The summed E-state index contributed by atoms with van der Waals surface area (Å²) in [6.07, 6.45) is 5.13. The van der Waals surface area contributed by atoms with Crippen LogP contribution in [-0.2, 0) is 0 Å². The van der Waals surface area contributed by atoms with E-state index in [-0.39, 0.29) is 12.4 Å². The second kappa shape index (κ2) is 7.22. The SMILES string of the molecule is [Cl-].c1ccc(-c2cc(N3CCCC3)cc(=[N+]3CCCC3)o2)cc1. The highest BCUT2D eigenvalue weighted by atomic mass is 35.5. The van der Waals surface area contributed by atoms with Gasteiger partial charge in [-0.3, -0.25) is 0 Å². The summed E-state index contributed by atoms with van der Waals surface area (Å²) in [6.45, 7) is 4.55. The molecule has 0 unspecified atom stereocenters. The van der Waals surface area contributed by atoms with E-state index in [2.05, 4.69) is 51.9 Å². The molecule has 4 rings (SSSR count). The van der Waals surface area contributed by atoms with Gasteiger partial charge in [-0.15, -0.1) is 0 Å². The van der Waals surface area contributed by atoms with Gasteiger partial charge in [0, 0.05) is 37.6 Å². The Morgan fingerprint density at radius 1 is 0.870 bits per heavy atom. The molecular formula is C19H23ClN2O. The first-order valence-corrected chi connectivity index (χ1v) is 8.44. The van der Waals surface area contributed by atoms with Crippen LogP contribution in [0.2, 0.25) is 0 Å². The van der Waals surface area contributed by atoms with Crippen LogP contribution in [0, 0.1) is 0 Å². The summed E-state index contributed by atoms with van der Waals surface area (Å²) in [5.74, 6) is 0.979. The lowest BCUT2D eigenvalue weighted by molar-refractivity contribution is -0.00000495. The quantitative estimate of drug-likeness (QED) is 0.729. The van der Waals surface area contributed by atoms with Gasteiger partial charge < -0.3 is 21.7 Å². The molecule has 2 fully saturated rings. The summed E-state index contributed by atoms with van der Waals surface area (Å²) in [4.78, 5) is 2.49. The molecule has 122 valence electrons. The van der Waals surface area contributed by atoms with Crippen molar-refractivity contribution in [2.24, 2.45) is 0 Å². The van der Waals surface area contributed by atoms with Crippen molar-refractivity contribution in [3.63, 3.8) is 0 Å². The van der Waals surface area contributed by atoms with E-state index >= 15 is 0 Å². The molecule has 23 heavy (non-hydrogen) atoms. The molecule has 2 aliphatic rings. The Morgan fingerprint density at radius 2 is 1.57 bits per heavy atom. The van der Waals surface area contributed by atoms with Gasteiger partial charge in [-0.2, -0.15) is 4.58 Å². The van der Waals surface area contributed by atoms with E-state index in [1.165, 1.54) is 31.4 Å². The summed E-state index contributed by atoms with van der Waals surface area (Å²) in [5, 5.41) is 0. The number of benzene rings is 1. The van der Waals surface area contributed by atoms with Crippen LogP contribution in [0.3, 0.4) is 0 Å². The van der Waals surface area contributed by atoms with Gasteiger partial charge in [0.05, 0.1) is 11.8 Å². The fourth-order valence-corrected chi connectivity index (χ4v) is 3.47. The Balaban J connectivity index is 0.00000156. The predicted molar refractivity (Wildman–Crippen MR) is 89.8 cm³/mol. The van der Waals surface area contributed by atoms with Crippen LogP contribution >= 0.6 is 0 Å². The minimum absolute atomic E-state index is 0. The zero-order chi connectivity index (χ0) is 14.8. The summed E-state index contributed by atoms with van der Waals surface area (Å²) < 4.78 is 8.63. The Kier molecular flexibility index (Phi) is 5.06. The Bertz CT molecular complexity index is 710. The minimum Gasteiger partial charge on any atom is -1.00 e. The maximum absolute atomic E-state index is 6.25. The lowest BCUT2D eigenvalue weighted by Crippen LogP contribution is -3.00. The fraction of sp³-hybridized carbons (Fsp3) is 0.421. The molecule has 0 aliphatic carbocycles. The first kappa shape index (κ1) is 16.1. The molecule has 0 radical (unpaired) electrons. The van der Waals surface area contributed by atoms with E-state index in [1.54, 1.807) is 0 Å². The molecule has 3 nitrogen and oxygen atoms in total. The fourth-order valence-electron chi connectivity index (χ4n) is 3.47. The van der Waals surface area contributed by atoms with Gasteiger partial charge in [0.25, 0.3) is 0 Å². The predicted octanol–water partition coefficient (Wildman–Crippen LogP) is 0.117. The van der Waals surface area contributed by atoms with E-state index in [9.17, 15) is 0 Å². The monoisotopic (exact) mass is 330 g/mol. The van der Waals surface area contributed by atoms with Crippen molar-refractivity contribution >= 4 is 5.69 Å². The van der Waals surface area contributed by atoms with Gasteiger partial charge in [-0.1, -0.05) is 30.3 Å². The van der Waals surface area contributed by atoms with Crippen molar-refractivity contribution in [3.05, 3.63) is 48.0 Å². The highest BCUT2D eigenvalue weighted by molar-refractivity contribution is 5.62. The van der Waals surface area contributed by atoms with Crippen LogP contribution in [-0.4, -0.2) is 26.2 Å². The molecule has 0 amide bonds. The molecule has 4 heteroatoms. The summed E-state index contributed by atoms with van der Waals surface area (Å²) in [5.41, 5.74) is 3.49. The maximum Gasteiger partial charge on any atom is 0.369 e. The Hall–Kier alpha value is -1.74. The first-order valence-electron chi connectivity index (χ1n) is 8.44. The standard InChI is InChI=1S/C19H23N2O.ClH/c1-2-8-16(9-3-1)18-14-17(20-10-4-5-11-20)15-19(22-18)21-12-6-7-13-21;/h1-3,8-9,14-15H,4-7,10-13H2;1H/q+1;/p-1. The second-order valence-corrected chi connectivity index (χ2v) is 6.27. The summed E-state index contributed by atoms with van der Waals surface area (Å²) in [6, 6.07) is 14.9. The van der Waals surface area contributed by atoms with Crippen LogP contribution in [0.15, 0.2) is 46.9 Å². The van der Waals surface area contributed by atoms with Crippen LogP contribution in [0.1, 0.15) is 25.7 Å². The maximum atomic E-state index is 6.25. The van der Waals surface area contributed by atoms with E-state index < -0.39 is 0 Å². The molecule has 3 heterocycles. The number of hydrogen-bond donors (Lipinski definition) is 0. The molecule has 0 N–H and O–H groups in total. The number of hydrogen-bond acceptors (Lipinski definition) is 2. The molecule has 1 aromatic heterocycles. The zero-order valence-electron chi connectivity index (χ0n) is 13.4. The zero-order valence-corrected chi connectivity index (χ0v) is 14.1. The Labute approximate surface area is 143 Å². The van der Waals surface area contributed by atoms with Crippen molar-refractivity contribution in [3.8, 4) is 11.3 Å². The molecule has 1 aromatic carbocycles. The van der Waals surface area contributed by atoms with Crippen molar-refractivity contribution in [2.75, 3.05) is 31.1 Å². The van der Waals surface area contributed by atoms with Gasteiger partial charge in [-0.05, 0) is 12.8 Å². The van der Waals surface area contributed by atoms with E-state index in [4.69, 9.17) is 4.42 Å². The van der Waals surface area contributed by atoms with Gasteiger partial charge in [0.1, 0.15) is 18.8 Å². The van der Waals surface area contributed by atoms with Crippen molar-refractivity contribution < 1.29 is 16.8 Å². The van der Waals surface area contributed by atoms with Crippen molar-refractivity contribution in [1.29, 1.82) is 0 Å². The highest BCUT2D eigenvalue weighted by Gasteiger charge is 2.19. The number of halogens is 1. The molecule has 0 spiro atoms. The van der Waals surface area contributed by atoms with E-state index in [0.29, 0.717) is 0 Å². The minimum atomic E-state index is 0. The van der Waals surface area contributed by atoms with Crippen LogP contribution in [0.5, 0.6) is 0 Å². The van der Waals surface area contributed by atoms with Gasteiger partial charge >= 0.3 is 5.55 Å². The molecule has 0 bridgehead atoms. The molecule has 2 saturated heterocycles. The first-order chi connectivity index (χ1) is 10.9. The van der Waals surface area contributed by atoms with E-state index in [0.717, 1.165) is 43.1 Å². The molecule has 2 aromatic rings. The average Bonchev–Trinajstić information content (AvgIpc) is 3.29. The lowest BCUT2D eigenvalue weighted by atomic mass is 10.1. The smallest absolute Gasteiger partial charge is 0.369 e. The topological polar surface area (TPSA) is 19.4 Å². The second-order valence-electron chi connectivity index (χ2n) is 6.27. The number of rotatable bonds is 2. The van der Waals surface area contributed by atoms with Crippen LogP contribution < -0.4 is 27.4 Å². The van der Waals surface area contributed by atoms with Crippen molar-refractivity contribution in [2.45, 2.75) is 25.7 Å². The normalized spacial score (nSPS) is 17.4. The lowest BCUT2D eigenvalue weighted by Gasteiger charge is -2.17. The number of anilines is 1. The van der Waals surface area contributed by atoms with Crippen LogP contribution in [0.4, 0.5) is 5.69 Å². The van der Waals surface area contributed by atoms with Gasteiger partial charge in [0.15, 0.2) is 0 Å². The van der Waals surface area contributed by atoms with Crippen molar-refractivity contribution in [1.82, 2.24) is 4.58 Å². The number of nitrogens with zero attached hydrogens (tertiary/aromatic N) is 2. The third-order valence-electron chi connectivity index (χ3n) is 4.71. The van der Waals surface area contributed by atoms with Gasteiger partial charge in [0.2, 0.25) is 0 Å². The molecule has 2 aliphatic heterocycles. The third-order valence-corrected chi connectivity index (χ3v) is 4.71. The van der Waals surface area contributed by atoms with Gasteiger partial charge in [-0.25, -0.2) is 0 Å². The average molecular weight is 331 g/mol. The third kappa shape index (κ3) is 3.45. The van der Waals surface area contributed by atoms with E-state index in [1.807, 2.05) is 0 Å². The molecular weight excluding hydrogens is 308 g/mol. The molecule has 0 atom stereocenters. The Morgan fingerprint density at radius 3 is 2.26 bits per heavy atom. The highest BCUT2D eigenvalue weighted by Crippen LogP contribution is 2.25. The molecule has 0 saturated carbocycles. The summed E-state index contributed by atoms with van der Waals surface area (Å²) in [7, 11) is 0. The summed E-state index contributed by atoms with van der Waals surface area (Å²) >= 11 is 0. The van der Waals surface area contributed by atoms with Crippen LogP contribution in [0.25, 0.3) is 11.3 Å². The largest absolute Gasteiger partial charge is 1.00 e.